The summed E-state index contributed by atoms with van der Waals surface area (Å²) >= 11 is 0. The van der Waals surface area contributed by atoms with Crippen molar-refractivity contribution in [2.75, 3.05) is 7.11 Å². The van der Waals surface area contributed by atoms with Gasteiger partial charge in [-0.2, -0.15) is 0 Å². The molecule has 0 bridgehead atoms. The monoisotopic (exact) mass is 274 g/mol. The van der Waals surface area contributed by atoms with E-state index in [0.717, 1.165) is 11.1 Å². The number of Topliss-reactive ketones (excluding diaryl/α,β-unsaturated/α-hetero) is 1. The third-order valence-electron chi connectivity index (χ3n) is 3.04. The van der Waals surface area contributed by atoms with Gasteiger partial charge in [-0.05, 0) is 31.0 Å². The van der Waals surface area contributed by atoms with Gasteiger partial charge in [-0.3, -0.25) is 4.79 Å². The van der Waals surface area contributed by atoms with Crippen molar-refractivity contribution in [3.05, 3.63) is 40.7 Å². The molecular weight excluding hydrogens is 256 g/mol. The molecule has 0 aliphatic carbocycles. The third kappa shape index (κ3) is 2.85. The fraction of sp³-hybridized carbons (Fsp3) is 0.357. The number of ether oxygens (including phenoxy) is 1. The summed E-state index contributed by atoms with van der Waals surface area (Å²) < 4.78 is 6.80. The van der Waals surface area contributed by atoms with Crippen LogP contribution in [0.2, 0.25) is 0 Å². The van der Waals surface area contributed by atoms with E-state index in [0.29, 0.717) is 23.6 Å². The van der Waals surface area contributed by atoms with Crippen LogP contribution in [0.25, 0.3) is 0 Å². The maximum atomic E-state index is 12.4. The number of carbonyl (C=O) groups is 1. The number of methoxy groups -OCH3 is 1. The number of nitrogens with two attached hydrogens (primary N) is 1. The summed E-state index contributed by atoms with van der Waals surface area (Å²) in [6.45, 7) is 4.29. The molecule has 0 aliphatic rings. The molecule has 0 spiro atoms. The van der Waals surface area contributed by atoms with Crippen LogP contribution < -0.4 is 10.5 Å². The van der Waals surface area contributed by atoms with E-state index < -0.39 is 0 Å². The van der Waals surface area contributed by atoms with Gasteiger partial charge < -0.3 is 10.5 Å². The second-order valence-electron chi connectivity index (χ2n) is 4.69. The van der Waals surface area contributed by atoms with Crippen LogP contribution in [-0.2, 0) is 13.1 Å². The number of benzene rings is 1. The van der Waals surface area contributed by atoms with Crippen molar-refractivity contribution in [3.63, 3.8) is 0 Å². The van der Waals surface area contributed by atoms with E-state index in [-0.39, 0.29) is 12.3 Å². The van der Waals surface area contributed by atoms with Gasteiger partial charge in [0.25, 0.3) is 0 Å². The Morgan fingerprint density at radius 3 is 2.75 bits per heavy atom. The van der Waals surface area contributed by atoms with Crippen molar-refractivity contribution >= 4 is 5.78 Å². The van der Waals surface area contributed by atoms with E-state index >= 15 is 0 Å². The summed E-state index contributed by atoms with van der Waals surface area (Å²) in [5.74, 6) is 0.527. The maximum absolute atomic E-state index is 12.4. The van der Waals surface area contributed by atoms with Gasteiger partial charge in [0, 0.05) is 6.54 Å². The lowest BCUT2D eigenvalue weighted by molar-refractivity contribution is 0.0963. The number of hydrogen-bond acceptors (Lipinski definition) is 5. The normalized spacial score (nSPS) is 10.6. The zero-order chi connectivity index (χ0) is 14.7. The highest BCUT2D eigenvalue weighted by Gasteiger charge is 2.17. The van der Waals surface area contributed by atoms with Gasteiger partial charge in [0.05, 0.1) is 24.6 Å². The van der Waals surface area contributed by atoms with Crippen molar-refractivity contribution in [1.29, 1.82) is 0 Å². The molecule has 0 saturated heterocycles. The van der Waals surface area contributed by atoms with Crippen LogP contribution >= 0.6 is 0 Å². The van der Waals surface area contributed by atoms with Gasteiger partial charge in [-0.15, -0.1) is 5.10 Å². The zero-order valence-corrected chi connectivity index (χ0v) is 11.9. The minimum atomic E-state index is -0.0622. The minimum absolute atomic E-state index is 0.0622. The summed E-state index contributed by atoms with van der Waals surface area (Å²) in [7, 11) is 1.56. The summed E-state index contributed by atoms with van der Waals surface area (Å²) in [5.41, 5.74) is 8.67. The number of carbonyl (C=O) groups excluding carboxylic acids is 1. The number of nitrogens with zero attached hydrogens (tertiary/aromatic N) is 3. The van der Waals surface area contributed by atoms with Crippen molar-refractivity contribution in [2.24, 2.45) is 5.73 Å². The molecule has 1 aromatic carbocycles. The number of aromatic nitrogens is 3. The second-order valence-corrected chi connectivity index (χ2v) is 4.69. The van der Waals surface area contributed by atoms with E-state index in [4.69, 9.17) is 10.5 Å². The largest absolute Gasteiger partial charge is 0.496 e. The molecular formula is C14H18N4O2. The second kappa shape index (κ2) is 5.83. The lowest BCUT2D eigenvalue weighted by atomic mass is 10.0. The van der Waals surface area contributed by atoms with Crippen LogP contribution in [0.15, 0.2) is 18.3 Å². The molecule has 2 aromatic rings. The molecule has 0 saturated carbocycles. The van der Waals surface area contributed by atoms with E-state index in [1.54, 1.807) is 13.3 Å². The first-order chi connectivity index (χ1) is 9.55. The molecule has 0 unspecified atom stereocenters. The first-order valence-electron chi connectivity index (χ1n) is 6.32. The van der Waals surface area contributed by atoms with E-state index in [1.807, 2.05) is 26.0 Å². The number of ketones is 1. The van der Waals surface area contributed by atoms with Crippen molar-refractivity contribution in [1.82, 2.24) is 15.0 Å². The molecule has 6 nitrogen and oxygen atoms in total. The Kier molecular flexibility index (Phi) is 4.14. The molecule has 0 radical (unpaired) electrons. The standard InChI is InChI=1S/C14H18N4O2/c1-9-4-10(2)14(13(5-9)20-3)12(19)8-18-7-11(6-15)16-17-18/h4-5,7H,6,8,15H2,1-3H3. The van der Waals surface area contributed by atoms with Gasteiger partial charge in [-0.1, -0.05) is 11.3 Å². The van der Waals surface area contributed by atoms with E-state index in [1.165, 1.54) is 4.68 Å². The molecule has 2 rings (SSSR count). The molecule has 0 fully saturated rings. The van der Waals surface area contributed by atoms with Gasteiger partial charge in [0.15, 0.2) is 5.78 Å². The third-order valence-corrected chi connectivity index (χ3v) is 3.04. The van der Waals surface area contributed by atoms with E-state index in [2.05, 4.69) is 10.3 Å². The van der Waals surface area contributed by atoms with Crippen molar-refractivity contribution in [3.8, 4) is 5.75 Å². The lowest BCUT2D eigenvalue weighted by Crippen LogP contribution is -2.14. The first kappa shape index (κ1) is 14.2. The van der Waals surface area contributed by atoms with Gasteiger partial charge in [-0.25, -0.2) is 4.68 Å². The number of aryl methyl sites for hydroxylation is 2. The summed E-state index contributed by atoms with van der Waals surface area (Å²) in [6.07, 6.45) is 1.67. The maximum Gasteiger partial charge on any atom is 0.188 e. The predicted octanol–water partition coefficient (Wildman–Crippen LogP) is 1.25. The molecule has 0 aliphatic heterocycles. The molecule has 0 amide bonds. The Hall–Kier alpha value is -2.21. The summed E-state index contributed by atoms with van der Waals surface area (Å²) in [4.78, 5) is 12.4. The van der Waals surface area contributed by atoms with Crippen LogP contribution in [-0.4, -0.2) is 27.9 Å². The molecule has 0 atom stereocenters. The van der Waals surface area contributed by atoms with Crippen LogP contribution in [0.4, 0.5) is 0 Å². The molecule has 6 heteroatoms. The number of hydrogen-bond donors (Lipinski definition) is 1. The molecule has 1 aromatic heterocycles. The first-order valence-corrected chi connectivity index (χ1v) is 6.32. The van der Waals surface area contributed by atoms with Crippen LogP contribution in [0.1, 0.15) is 27.2 Å². The molecule has 1 heterocycles. The molecule has 20 heavy (non-hydrogen) atoms. The average Bonchev–Trinajstić information content (AvgIpc) is 2.85. The van der Waals surface area contributed by atoms with E-state index in [9.17, 15) is 4.79 Å². The van der Waals surface area contributed by atoms with Gasteiger partial charge in [0.2, 0.25) is 0 Å². The highest BCUT2D eigenvalue weighted by molar-refractivity contribution is 6.00. The topological polar surface area (TPSA) is 83.0 Å². The molecule has 106 valence electrons. The van der Waals surface area contributed by atoms with Crippen LogP contribution in [0.5, 0.6) is 5.75 Å². The quantitative estimate of drug-likeness (QED) is 0.829. The van der Waals surface area contributed by atoms with Crippen LogP contribution in [0.3, 0.4) is 0 Å². The van der Waals surface area contributed by atoms with Gasteiger partial charge in [0.1, 0.15) is 12.3 Å². The predicted molar refractivity (Wildman–Crippen MR) is 74.7 cm³/mol. The summed E-state index contributed by atoms with van der Waals surface area (Å²) in [6, 6.07) is 3.81. The summed E-state index contributed by atoms with van der Waals surface area (Å²) in [5, 5.41) is 7.75. The van der Waals surface area contributed by atoms with Gasteiger partial charge >= 0.3 is 0 Å². The van der Waals surface area contributed by atoms with Crippen molar-refractivity contribution < 1.29 is 9.53 Å². The Bertz CT molecular complexity index is 634. The number of rotatable bonds is 5. The van der Waals surface area contributed by atoms with Crippen molar-refractivity contribution in [2.45, 2.75) is 26.9 Å². The Balaban J connectivity index is 2.29. The Morgan fingerprint density at radius 1 is 1.40 bits per heavy atom. The Morgan fingerprint density at radius 2 is 2.15 bits per heavy atom. The molecule has 2 N–H and O–H groups in total. The minimum Gasteiger partial charge on any atom is -0.496 e. The highest BCUT2D eigenvalue weighted by atomic mass is 16.5. The fourth-order valence-electron chi connectivity index (χ4n) is 2.18. The highest BCUT2D eigenvalue weighted by Crippen LogP contribution is 2.25. The zero-order valence-electron chi connectivity index (χ0n) is 11.9. The lowest BCUT2D eigenvalue weighted by Gasteiger charge is -2.12. The SMILES string of the molecule is COc1cc(C)cc(C)c1C(=O)Cn1cc(CN)nn1. The Labute approximate surface area is 117 Å². The average molecular weight is 274 g/mol. The smallest absolute Gasteiger partial charge is 0.188 e. The van der Waals surface area contributed by atoms with Crippen LogP contribution in [0, 0.1) is 13.8 Å². The fourth-order valence-corrected chi connectivity index (χ4v) is 2.18.